The first-order valence-electron chi connectivity index (χ1n) is 6.31. The fourth-order valence-electron chi connectivity index (χ4n) is 2.50. The second kappa shape index (κ2) is 6.21. The molecule has 0 saturated carbocycles. The first-order valence-corrected chi connectivity index (χ1v) is 6.31. The Balaban J connectivity index is 2.37. The van der Waals surface area contributed by atoms with Gasteiger partial charge in [0.05, 0.1) is 5.84 Å². The molecule has 3 N–H and O–H groups in total. The van der Waals surface area contributed by atoms with Crippen LogP contribution in [0, 0.1) is 5.41 Å². The second-order valence-electron chi connectivity index (χ2n) is 4.94. The summed E-state index contributed by atoms with van der Waals surface area (Å²) in [5.74, 6) is 0.290. The van der Waals surface area contributed by atoms with Gasteiger partial charge in [-0.3, -0.25) is 10.3 Å². The zero-order valence-corrected chi connectivity index (χ0v) is 10.9. The number of hydrogen-bond donors (Lipinski definition) is 2. The van der Waals surface area contributed by atoms with Crippen LogP contribution in [-0.4, -0.2) is 54.4 Å². The second-order valence-corrected chi connectivity index (χ2v) is 4.94. The van der Waals surface area contributed by atoms with E-state index in [1.54, 1.807) is 0 Å². The van der Waals surface area contributed by atoms with Crippen molar-refractivity contribution in [3.8, 4) is 0 Å². The Bertz CT molecular complexity index is 229. The maximum atomic E-state index is 7.32. The van der Waals surface area contributed by atoms with Gasteiger partial charge in [0, 0.05) is 25.0 Å². The molecule has 0 aliphatic carbocycles. The van der Waals surface area contributed by atoms with Crippen molar-refractivity contribution in [1.82, 2.24) is 9.80 Å². The average Bonchev–Trinajstić information content (AvgIpc) is 2.64. The summed E-state index contributed by atoms with van der Waals surface area (Å²) in [5.41, 5.74) is 5.44. The van der Waals surface area contributed by atoms with Gasteiger partial charge in [-0.25, -0.2) is 0 Å². The lowest BCUT2D eigenvalue weighted by molar-refractivity contribution is 0.172. The number of amidine groups is 1. The van der Waals surface area contributed by atoms with Crippen molar-refractivity contribution in [3.63, 3.8) is 0 Å². The number of likely N-dealkylation sites (N-methyl/N-ethyl adjacent to an activating group) is 2. The summed E-state index contributed by atoms with van der Waals surface area (Å²) in [6, 6.07) is 1.07. The van der Waals surface area contributed by atoms with E-state index in [-0.39, 0.29) is 5.84 Å². The van der Waals surface area contributed by atoms with Crippen molar-refractivity contribution < 1.29 is 0 Å². The largest absolute Gasteiger partial charge is 0.388 e. The van der Waals surface area contributed by atoms with Gasteiger partial charge in [-0.2, -0.15) is 0 Å². The molecule has 0 radical (unpaired) electrons. The van der Waals surface area contributed by atoms with Gasteiger partial charge in [-0.1, -0.05) is 6.92 Å². The summed E-state index contributed by atoms with van der Waals surface area (Å²) in [6.07, 6.45) is 3.31. The molecular formula is C12H26N4. The topological polar surface area (TPSA) is 56.4 Å². The predicted molar refractivity (Wildman–Crippen MR) is 68.9 cm³/mol. The Morgan fingerprint density at radius 2 is 2.31 bits per heavy atom. The van der Waals surface area contributed by atoms with Gasteiger partial charge < -0.3 is 10.6 Å². The molecule has 0 aromatic heterocycles. The number of nitrogens with one attached hydrogen (secondary N) is 1. The Labute approximate surface area is 99.3 Å². The smallest absolute Gasteiger partial charge is 0.0920 e. The van der Waals surface area contributed by atoms with Crippen molar-refractivity contribution in [2.24, 2.45) is 5.73 Å². The number of likely N-dealkylation sites (tertiary alicyclic amines) is 1. The highest BCUT2D eigenvalue weighted by molar-refractivity contribution is 5.77. The molecule has 0 bridgehead atoms. The molecule has 1 rings (SSSR count). The van der Waals surface area contributed by atoms with E-state index in [1.165, 1.54) is 19.4 Å². The van der Waals surface area contributed by atoms with Gasteiger partial charge >= 0.3 is 0 Å². The Kier molecular flexibility index (Phi) is 5.22. The number of rotatable bonds is 6. The Morgan fingerprint density at radius 3 is 2.88 bits per heavy atom. The van der Waals surface area contributed by atoms with Gasteiger partial charge in [-0.15, -0.1) is 0 Å². The monoisotopic (exact) mass is 226 g/mol. The fourth-order valence-corrected chi connectivity index (χ4v) is 2.50. The molecule has 16 heavy (non-hydrogen) atoms. The van der Waals surface area contributed by atoms with Crippen molar-refractivity contribution in [1.29, 1.82) is 5.41 Å². The van der Waals surface area contributed by atoms with Crippen LogP contribution in [0.25, 0.3) is 0 Å². The van der Waals surface area contributed by atoms with Crippen LogP contribution < -0.4 is 5.73 Å². The van der Waals surface area contributed by atoms with Crippen molar-refractivity contribution in [2.45, 2.75) is 45.2 Å². The minimum absolute atomic E-state index is 0.290. The van der Waals surface area contributed by atoms with Gasteiger partial charge in [0.1, 0.15) is 0 Å². The van der Waals surface area contributed by atoms with E-state index in [0.29, 0.717) is 18.5 Å². The summed E-state index contributed by atoms with van der Waals surface area (Å²) >= 11 is 0. The predicted octanol–water partition coefficient (Wildman–Crippen LogP) is 1.12. The molecule has 0 spiro atoms. The van der Waals surface area contributed by atoms with Gasteiger partial charge in [0.25, 0.3) is 0 Å². The highest BCUT2D eigenvalue weighted by Crippen LogP contribution is 2.18. The molecule has 4 nitrogen and oxygen atoms in total. The van der Waals surface area contributed by atoms with Gasteiger partial charge in [0.2, 0.25) is 0 Å². The molecule has 1 saturated heterocycles. The lowest BCUT2D eigenvalue weighted by Gasteiger charge is -2.31. The standard InChI is InChI=1S/C12H26N4/c1-4-16-7-5-6-11(16)9-15(3)10(2)8-12(13)14/h10-11H,4-9H2,1-3H3,(H3,13,14). The Morgan fingerprint density at radius 1 is 1.62 bits per heavy atom. The lowest BCUT2D eigenvalue weighted by Crippen LogP contribution is -2.43. The zero-order valence-electron chi connectivity index (χ0n) is 10.9. The molecule has 0 aromatic carbocycles. The van der Waals surface area contributed by atoms with Gasteiger partial charge in [-0.05, 0) is 39.9 Å². The molecule has 4 heteroatoms. The summed E-state index contributed by atoms with van der Waals surface area (Å²) in [7, 11) is 2.14. The molecule has 2 atom stereocenters. The van der Waals surface area contributed by atoms with E-state index in [2.05, 4.69) is 30.7 Å². The maximum Gasteiger partial charge on any atom is 0.0920 e. The highest BCUT2D eigenvalue weighted by Gasteiger charge is 2.25. The zero-order chi connectivity index (χ0) is 12.1. The third kappa shape index (κ3) is 3.76. The number of nitrogens with two attached hydrogens (primary N) is 1. The third-order valence-electron chi connectivity index (χ3n) is 3.67. The van der Waals surface area contributed by atoms with E-state index >= 15 is 0 Å². The summed E-state index contributed by atoms with van der Waals surface area (Å²) in [6.45, 7) is 7.88. The molecule has 0 aromatic rings. The summed E-state index contributed by atoms with van der Waals surface area (Å²) in [4.78, 5) is 4.89. The van der Waals surface area contributed by atoms with Crippen molar-refractivity contribution in [2.75, 3.05) is 26.7 Å². The summed E-state index contributed by atoms with van der Waals surface area (Å²) in [5, 5.41) is 7.32. The molecule has 1 heterocycles. The normalized spacial score (nSPS) is 23.9. The number of hydrogen-bond acceptors (Lipinski definition) is 3. The van der Waals surface area contributed by atoms with Crippen LogP contribution in [0.3, 0.4) is 0 Å². The van der Waals surface area contributed by atoms with Crippen LogP contribution >= 0.6 is 0 Å². The van der Waals surface area contributed by atoms with E-state index in [9.17, 15) is 0 Å². The van der Waals surface area contributed by atoms with E-state index in [1.807, 2.05) is 0 Å². The minimum atomic E-state index is 0.290. The lowest BCUT2D eigenvalue weighted by atomic mass is 10.1. The maximum absolute atomic E-state index is 7.32. The van der Waals surface area contributed by atoms with Crippen molar-refractivity contribution >= 4 is 5.84 Å². The molecule has 2 unspecified atom stereocenters. The first kappa shape index (κ1) is 13.5. The van der Waals surface area contributed by atoms with E-state index < -0.39 is 0 Å². The SMILES string of the molecule is CCN1CCCC1CN(C)C(C)CC(=N)N. The molecule has 0 amide bonds. The molecule has 1 fully saturated rings. The van der Waals surface area contributed by atoms with Crippen LogP contribution in [0.1, 0.15) is 33.1 Å². The van der Waals surface area contributed by atoms with E-state index in [4.69, 9.17) is 11.1 Å². The van der Waals surface area contributed by atoms with Crippen LogP contribution in [0.4, 0.5) is 0 Å². The quantitative estimate of drug-likeness (QED) is 0.527. The average molecular weight is 226 g/mol. The minimum Gasteiger partial charge on any atom is -0.388 e. The van der Waals surface area contributed by atoms with Crippen LogP contribution in [0.2, 0.25) is 0 Å². The summed E-state index contributed by atoms with van der Waals surface area (Å²) < 4.78 is 0. The molecule has 1 aliphatic heterocycles. The fraction of sp³-hybridized carbons (Fsp3) is 0.917. The number of nitrogens with zero attached hydrogens (tertiary/aromatic N) is 2. The first-order chi connectivity index (χ1) is 7.54. The Hall–Kier alpha value is -0.610. The molecular weight excluding hydrogens is 200 g/mol. The molecule has 1 aliphatic rings. The third-order valence-corrected chi connectivity index (χ3v) is 3.67. The van der Waals surface area contributed by atoms with Crippen LogP contribution in [0.15, 0.2) is 0 Å². The van der Waals surface area contributed by atoms with Crippen molar-refractivity contribution in [3.05, 3.63) is 0 Å². The molecule has 94 valence electrons. The van der Waals surface area contributed by atoms with Crippen LogP contribution in [0.5, 0.6) is 0 Å². The van der Waals surface area contributed by atoms with Crippen LogP contribution in [-0.2, 0) is 0 Å². The van der Waals surface area contributed by atoms with Gasteiger partial charge in [0.15, 0.2) is 0 Å². The van der Waals surface area contributed by atoms with E-state index in [0.717, 1.165) is 13.1 Å². The highest BCUT2D eigenvalue weighted by atomic mass is 15.2.